The molecule has 9 nitrogen and oxygen atoms in total. The molecule has 1 saturated carbocycles. The number of aliphatic hydroxyl groups is 2. The standard InChI is InChI=1S/C20H24N6O3/c21-20-22-10-13(11-23-20)16-9-12-5-6-26(7-8-27)19(29)17(12)18(25-16)24-14-1-3-15(28)4-2-14/h5-6,9-11,14-15,27-28H,1-4,7-8H2,(H,24,25)(H2,21,22,23)/t14-,15+. The second-order valence-electron chi connectivity index (χ2n) is 7.34. The zero-order valence-electron chi connectivity index (χ0n) is 16.0. The Morgan fingerprint density at radius 3 is 2.62 bits per heavy atom. The Labute approximate surface area is 167 Å². The van der Waals surface area contributed by atoms with Gasteiger partial charge >= 0.3 is 0 Å². The van der Waals surface area contributed by atoms with Gasteiger partial charge in [0.1, 0.15) is 5.82 Å². The lowest BCUT2D eigenvalue weighted by atomic mass is 9.93. The van der Waals surface area contributed by atoms with E-state index in [1.54, 1.807) is 18.6 Å². The molecule has 3 aromatic rings. The summed E-state index contributed by atoms with van der Waals surface area (Å²) in [6.07, 6.45) is 7.65. The maximum atomic E-state index is 13.0. The summed E-state index contributed by atoms with van der Waals surface area (Å²) in [5, 5.41) is 23.7. The van der Waals surface area contributed by atoms with E-state index in [9.17, 15) is 15.0 Å². The van der Waals surface area contributed by atoms with Crippen molar-refractivity contribution >= 4 is 22.5 Å². The normalized spacial score (nSPS) is 19.4. The van der Waals surface area contributed by atoms with Crippen molar-refractivity contribution in [2.45, 2.75) is 44.4 Å². The molecule has 4 rings (SSSR count). The van der Waals surface area contributed by atoms with Crippen molar-refractivity contribution in [3.63, 3.8) is 0 Å². The first-order valence-electron chi connectivity index (χ1n) is 9.72. The van der Waals surface area contributed by atoms with E-state index < -0.39 is 0 Å². The van der Waals surface area contributed by atoms with Crippen LogP contribution < -0.4 is 16.6 Å². The molecule has 1 fully saturated rings. The number of nitrogens with zero attached hydrogens (tertiary/aromatic N) is 4. The quantitative estimate of drug-likeness (QED) is 0.503. The highest BCUT2D eigenvalue weighted by Crippen LogP contribution is 2.28. The number of nitrogen functional groups attached to an aromatic ring is 1. The lowest BCUT2D eigenvalue weighted by Gasteiger charge is -2.27. The molecule has 1 aliphatic carbocycles. The van der Waals surface area contributed by atoms with Gasteiger partial charge < -0.3 is 25.8 Å². The van der Waals surface area contributed by atoms with Crippen molar-refractivity contribution in [1.29, 1.82) is 0 Å². The number of fused-ring (bicyclic) bond motifs is 1. The van der Waals surface area contributed by atoms with E-state index in [4.69, 9.17) is 10.7 Å². The lowest BCUT2D eigenvalue weighted by molar-refractivity contribution is 0.126. The van der Waals surface area contributed by atoms with Crippen molar-refractivity contribution in [3.8, 4) is 11.3 Å². The molecule has 0 spiro atoms. The minimum atomic E-state index is -0.266. The van der Waals surface area contributed by atoms with Gasteiger partial charge in [0, 0.05) is 36.7 Å². The van der Waals surface area contributed by atoms with Gasteiger partial charge in [-0.2, -0.15) is 0 Å². The smallest absolute Gasteiger partial charge is 0.262 e. The van der Waals surface area contributed by atoms with Crippen molar-refractivity contribution < 1.29 is 10.2 Å². The van der Waals surface area contributed by atoms with Crippen LogP contribution in [0.4, 0.5) is 11.8 Å². The Morgan fingerprint density at radius 1 is 1.21 bits per heavy atom. The second-order valence-corrected chi connectivity index (χ2v) is 7.34. The number of nitrogens with two attached hydrogens (primary N) is 1. The van der Waals surface area contributed by atoms with Gasteiger partial charge in [-0.05, 0) is 43.2 Å². The van der Waals surface area contributed by atoms with Gasteiger partial charge in [0.05, 0.1) is 23.8 Å². The number of nitrogens with one attached hydrogen (secondary N) is 1. The van der Waals surface area contributed by atoms with Crippen LogP contribution in [0.2, 0.25) is 0 Å². The summed E-state index contributed by atoms with van der Waals surface area (Å²) in [4.78, 5) is 25.8. The van der Waals surface area contributed by atoms with Crippen LogP contribution in [0.3, 0.4) is 0 Å². The van der Waals surface area contributed by atoms with Gasteiger partial charge in [0.25, 0.3) is 5.56 Å². The molecule has 0 amide bonds. The summed E-state index contributed by atoms with van der Waals surface area (Å²) in [5.41, 5.74) is 6.71. The number of rotatable bonds is 5. The van der Waals surface area contributed by atoms with Crippen molar-refractivity contribution in [2.24, 2.45) is 0 Å². The third-order valence-corrected chi connectivity index (χ3v) is 5.30. The number of aromatic nitrogens is 4. The average Bonchev–Trinajstić information content (AvgIpc) is 2.72. The molecule has 0 aromatic carbocycles. The second kappa shape index (κ2) is 8.14. The summed E-state index contributed by atoms with van der Waals surface area (Å²) in [5.74, 6) is 0.675. The maximum Gasteiger partial charge on any atom is 0.262 e. The van der Waals surface area contributed by atoms with Crippen LogP contribution in [0.15, 0.2) is 35.5 Å². The number of pyridine rings is 2. The van der Waals surface area contributed by atoms with Gasteiger partial charge in [0.2, 0.25) is 5.95 Å². The first-order chi connectivity index (χ1) is 14.0. The molecular weight excluding hydrogens is 372 g/mol. The number of aliphatic hydroxyl groups excluding tert-OH is 2. The van der Waals surface area contributed by atoms with Crippen LogP contribution in [-0.4, -0.2) is 48.5 Å². The molecule has 0 bridgehead atoms. The number of anilines is 2. The van der Waals surface area contributed by atoms with Crippen molar-refractivity contribution in [2.75, 3.05) is 17.7 Å². The monoisotopic (exact) mass is 396 g/mol. The topological polar surface area (TPSA) is 139 Å². The van der Waals surface area contributed by atoms with Gasteiger partial charge in [-0.1, -0.05) is 0 Å². The van der Waals surface area contributed by atoms with E-state index in [0.29, 0.717) is 22.5 Å². The largest absolute Gasteiger partial charge is 0.395 e. The molecule has 5 N–H and O–H groups in total. The summed E-state index contributed by atoms with van der Waals surface area (Å²) in [7, 11) is 0. The van der Waals surface area contributed by atoms with Crippen LogP contribution in [0.25, 0.3) is 22.0 Å². The molecule has 0 radical (unpaired) electrons. The Kier molecular flexibility index (Phi) is 5.41. The van der Waals surface area contributed by atoms with E-state index in [1.807, 2.05) is 12.1 Å². The first kappa shape index (κ1) is 19.3. The van der Waals surface area contributed by atoms with Crippen LogP contribution in [0, 0.1) is 0 Å². The molecule has 3 aromatic heterocycles. The Hall–Kier alpha value is -3.04. The third-order valence-electron chi connectivity index (χ3n) is 5.30. The zero-order chi connectivity index (χ0) is 20.4. The lowest BCUT2D eigenvalue weighted by Crippen LogP contribution is -2.30. The van der Waals surface area contributed by atoms with Gasteiger partial charge in [-0.25, -0.2) is 15.0 Å². The highest BCUT2D eigenvalue weighted by molar-refractivity contribution is 5.93. The molecule has 3 heterocycles. The third kappa shape index (κ3) is 4.06. The van der Waals surface area contributed by atoms with E-state index in [-0.39, 0.29) is 36.8 Å². The first-order valence-corrected chi connectivity index (χ1v) is 9.72. The van der Waals surface area contributed by atoms with Crippen molar-refractivity contribution in [3.05, 3.63) is 41.1 Å². The Morgan fingerprint density at radius 2 is 1.93 bits per heavy atom. The molecule has 0 atom stereocenters. The van der Waals surface area contributed by atoms with E-state index >= 15 is 0 Å². The minimum absolute atomic E-state index is 0.122. The number of hydrogen-bond acceptors (Lipinski definition) is 8. The van der Waals surface area contributed by atoms with E-state index in [2.05, 4.69) is 15.3 Å². The summed E-state index contributed by atoms with van der Waals surface area (Å²) in [6.45, 7) is 0.0976. The molecule has 9 heteroatoms. The Bertz CT molecular complexity index is 1060. The molecule has 152 valence electrons. The summed E-state index contributed by atoms with van der Waals surface area (Å²) < 4.78 is 1.48. The Balaban J connectivity index is 1.82. The van der Waals surface area contributed by atoms with Crippen LogP contribution >= 0.6 is 0 Å². The van der Waals surface area contributed by atoms with Crippen LogP contribution in [0.5, 0.6) is 0 Å². The summed E-state index contributed by atoms with van der Waals surface area (Å²) >= 11 is 0. The SMILES string of the molecule is Nc1ncc(-c2cc3ccn(CCO)c(=O)c3c(N[C@H]3CC[C@@H](O)CC3)n2)cn1. The minimum Gasteiger partial charge on any atom is -0.395 e. The van der Waals surface area contributed by atoms with Crippen LogP contribution in [0.1, 0.15) is 25.7 Å². The molecule has 0 aliphatic heterocycles. The molecule has 0 unspecified atom stereocenters. The van der Waals surface area contributed by atoms with E-state index in [0.717, 1.165) is 31.1 Å². The highest BCUT2D eigenvalue weighted by atomic mass is 16.3. The highest BCUT2D eigenvalue weighted by Gasteiger charge is 2.21. The zero-order valence-corrected chi connectivity index (χ0v) is 16.0. The molecule has 0 saturated heterocycles. The van der Waals surface area contributed by atoms with Gasteiger partial charge in [-0.15, -0.1) is 0 Å². The maximum absolute atomic E-state index is 13.0. The van der Waals surface area contributed by atoms with Crippen molar-refractivity contribution in [1.82, 2.24) is 19.5 Å². The summed E-state index contributed by atoms with van der Waals surface area (Å²) in [6, 6.07) is 3.79. The predicted octanol–water partition coefficient (Wildman–Crippen LogP) is 1.14. The molecule has 1 aliphatic rings. The van der Waals surface area contributed by atoms with E-state index in [1.165, 1.54) is 4.57 Å². The fraction of sp³-hybridized carbons (Fsp3) is 0.400. The average molecular weight is 396 g/mol. The predicted molar refractivity (Wildman–Crippen MR) is 110 cm³/mol. The van der Waals surface area contributed by atoms with Crippen LogP contribution in [-0.2, 0) is 6.54 Å². The fourth-order valence-corrected chi connectivity index (χ4v) is 3.72. The fourth-order valence-electron chi connectivity index (χ4n) is 3.72. The molecule has 29 heavy (non-hydrogen) atoms. The van der Waals surface area contributed by atoms with Gasteiger partial charge in [-0.3, -0.25) is 4.79 Å². The number of hydrogen-bond donors (Lipinski definition) is 4. The van der Waals surface area contributed by atoms with Gasteiger partial charge in [0.15, 0.2) is 0 Å². The molecular formula is C20H24N6O3.